The molecule has 0 aliphatic heterocycles. The fourth-order valence-corrected chi connectivity index (χ4v) is 5.40. The summed E-state index contributed by atoms with van der Waals surface area (Å²) in [5.41, 5.74) is -0.738. The van der Waals surface area contributed by atoms with Crippen LogP contribution in [0.3, 0.4) is 0 Å². The maximum absolute atomic E-state index is 15.2. The van der Waals surface area contributed by atoms with Crippen LogP contribution in [0.4, 0.5) is 39.9 Å². The molecule has 1 aliphatic rings. The van der Waals surface area contributed by atoms with Crippen molar-refractivity contribution in [2.45, 2.75) is 49.3 Å². The molecule has 1 aliphatic carbocycles. The van der Waals surface area contributed by atoms with Crippen LogP contribution in [0.1, 0.15) is 40.7 Å². The molecule has 4 nitrogen and oxygen atoms in total. The van der Waals surface area contributed by atoms with Crippen LogP contribution < -0.4 is 15.4 Å². The van der Waals surface area contributed by atoms with Gasteiger partial charge in [0.2, 0.25) is 0 Å². The van der Waals surface area contributed by atoms with Crippen LogP contribution in [0, 0.1) is 11.6 Å². The number of hydrogen-bond acceptors (Lipinski definition) is 2. The summed E-state index contributed by atoms with van der Waals surface area (Å²) in [6.07, 6.45) is -7.61. The topological polar surface area (TPSA) is 50.4 Å². The lowest BCUT2D eigenvalue weighted by Gasteiger charge is -2.39. The fraction of sp³-hybridized carbons (Fsp3) is 0.229. The summed E-state index contributed by atoms with van der Waals surface area (Å²) in [6.45, 7) is 0. The van der Waals surface area contributed by atoms with Gasteiger partial charge in [0.1, 0.15) is 17.4 Å². The van der Waals surface area contributed by atoms with E-state index in [1.807, 2.05) is 0 Å². The van der Waals surface area contributed by atoms with Gasteiger partial charge in [0, 0.05) is 36.9 Å². The first-order valence-electron chi connectivity index (χ1n) is 14.4. The molecule has 47 heavy (non-hydrogen) atoms. The maximum Gasteiger partial charge on any atom is 0.461 e. The normalized spacial score (nSPS) is 16.0. The molecule has 5 rings (SSSR count). The third-order valence-corrected chi connectivity index (χ3v) is 7.68. The van der Waals surface area contributed by atoms with Gasteiger partial charge < -0.3 is 15.4 Å². The van der Waals surface area contributed by atoms with Crippen LogP contribution in [-0.4, -0.2) is 30.5 Å². The Balaban J connectivity index is 1.67. The molecule has 4 aromatic rings. The summed E-state index contributed by atoms with van der Waals surface area (Å²) in [4.78, 5) is 13.5. The highest BCUT2D eigenvalue weighted by atomic mass is 19.3. The lowest BCUT2D eigenvalue weighted by molar-refractivity contribution is -0.253. The molecule has 0 unspecified atom stereocenters. The third kappa shape index (κ3) is 8.11. The van der Waals surface area contributed by atoms with E-state index in [0.717, 1.165) is 23.8 Å². The lowest BCUT2D eigenvalue weighted by atomic mass is 9.77. The minimum Gasteiger partial charge on any atom is -0.428 e. The van der Waals surface area contributed by atoms with E-state index >= 15 is 8.78 Å². The van der Waals surface area contributed by atoms with Crippen LogP contribution in [0.5, 0.6) is 5.75 Å². The first-order valence-corrected chi connectivity index (χ1v) is 14.4. The quantitative estimate of drug-likeness (QED) is 0.125. The van der Waals surface area contributed by atoms with Crippen LogP contribution in [0.15, 0.2) is 97.1 Å². The van der Waals surface area contributed by atoms with Crippen LogP contribution in [0.2, 0.25) is 0 Å². The van der Waals surface area contributed by atoms with E-state index in [-0.39, 0.29) is 23.1 Å². The molecular formula is C35H28F8N2O2. The molecule has 246 valence electrons. The van der Waals surface area contributed by atoms with Crippen LogP contribution in [0.25, 0.3) is 12.2 Å². The summed E-state index contributed by atoms with van der Waals surface area (Å²) in [6, 6.07) is 21.3. The van der Waals surface area contributed by atoms with Crippen LogP contribution in [-0.2, 0) is 12.0 Å². The molecule has 0 heterocycles. The molecule has 0 saturated heterocycles. The van der Waals surface area contributed by atoms with Gasteiger partial charge in [0.25, 0.3) is 5.92 Å². The van der Waals surface area contributed by atoms with Crippen molar-refractivity contribution in [3.8, 4) is 5.75 Å². The predicted octanol–water partition coefficient (Wildman–Crippen LogP) is 8.96. The Morgan fingerprint density at radius 3 is 2.17 bits per heavy atom. The molecule has 2 amide bonds. The van der Waals surface area contributed by atoms with E-state index in [1.54, 1.807) is 66.7 Å². The number of urea groups is 1. The van der Waals surface area contributed by atoms with Crippen LogP contribution >= 0.6 is 0 Å². The largest absolute Gasteiger partial charge is 0.461 e. The highest BCUT2D eigenvalue weighted by Crippen LogP contribution is 2.40. The molecular weight excluding hydrogens is 632 g/mol. The van der Waals surface area contributed by atoms with Crippen molar-refractivity contribution in [2.75, 3.05) is 0 Å². The zero-order chi connectivity index (χ0) is 33.8. The summed E-state index contributed by atoms with van der Waals surface area (Å²) in [5.74, 6) is -5.79. The van der Waals surface area contributed by atoms with Crippen molar-refractivity contribution in [1.82, 2.24) is 10.6 Å². The standard InChI is InChI=1S/C35H28F8N2O2/c36-27-16-26(17-29(18-27)47-35(42,43)31(38)39)34(19-23-9-5-2-6-10-23,45-32(46)44-28-20-33(40,41)21-28)25-13-14-30(37)24(15-25)12-11-22-7-3-1-4-8-22/h1-18,28,31H,19-21H2,(H2,44,45,46)/t34-/m1/s1. The smallest absolute Gasteiger partial charge is 0.428 e. The Bertz CT molecular complexity index is 1730. The molecule has 1 fully saturated rings. The number of benzene rings is 4. The Morgan fingerprint density at radius 2 is 1.53 bits per heavy atom. The molecule has 2 N–H and O–H groups in total. The molecule has 1 saturated carbocycles. The van der Waals surface area contributed by atoms with Gasteiger partial charge in [0.05, 0.1) is 5.54 Å². The number of amides is 2. The fourth-order valence-electron chi connectivity index (χ4n) is 5.40. The first-order chi connectivity index (χ1) is 22.2. The van der Waals surface area contributed by atoms with Gasteiger partial charge in [-0.25, -0.2) is 22.4 Å². The van der Waals surface area contributed by atoms with Gasteiger partial charge in [-0.1, -0.05) is 78.9 Å². The van der Waals surface area contributed by atoms with E-state index in [4.69, 9.17) is 0 Å². The second-order valence-corrected chi connectivity index (χ2v) is 11.2. The van der Waals surface area contributed by atoms with Gasteiger partial charge in [0.15, 0.2) is 0 Å². The Labute approximate surface area is 265 Å². The van der Waals surface area contributed by atoms with Gasteiger partial charge >= 0.3 is 18.6 Å². The van der Waals surface area contributed by atoms with Gasteiger partial charge in [-0.2, -0.15) is 17.6 Å². The van der Waals surface area contributed by atoms with Gasteiger partial charge in [-0.3, -0.25) is 0 Å². The van der Waals surface area contributed by atoms with Crippen molar-refractivity contribution in [2.24, 2.45) is 0 Å². The number of carbonyl (C=O) groups excluding carboxylic acids is 1. The monoisotopic (exact) mass is 660 g/mol. The number of carbonyl (C=O) groups is 1. The number of ether oxygens (including phenoxy) is 1. The van der Waals surface area contributed by atoms with E-state index < -0.39 is 66.3 Å². The van der Waals surface area contributed by atoms with Crippen molar-refractivity contribution < 1.29 is 44.7 Å². The highest BCUT2D eigenvalue weighted by molar-refractivity contribution is 5.77. The number of alkyl halides is 6. The van der Waals surface area contributed by atoms with Gasteiger partial charge in [-0.15, -0.1) is 0 Å². The summed E-state index contributed by atoms with van der Waals surface area (Å²) in [5, 5.41) is 5.14. The number of rotatable bonds is 11. The molecule has 0 radical (unpaired) electrons. The Morgan fingerprint density at radius 1 is 0.872 bits per heavy atom. The average Bonchev–Trinajstić information content (AvgIpc) is 3.00. The molecule has 0 bridgehead atoms. The molecule has 4 aromatic carbocycles. The minimum atomic E-state index is -4.99. The third-order valence-electron chi connectivity index (χ3n) is 7.68. The maximum atomic E-state index is 15.2. The SMILES string of the molecule is O=C(NC1CC(F)(F)C1)N[C@@](Cc1ccccc1)(c1cc(F)cc(OC(F)(F)C(F)F)c1)c1ccc(F)c(C=Cc2ccccc2)c1. The Hall–Kier alpha value is -4.87. The zero-order valence-corrected chi connectivity index (χ0v) is 24.5. The molecule has 0 spiro atoms. The van der Waals surface area contributed by atoms with E-state index in [2.05, 4.69) is 15.4 Å². The first kappa shape index (κ1) is 33.5. The van der Waals surface area contributed by atoms with E-state index in [1.165, 1.54) is 18.2 Å². The highest BCUT2D eigenvalue weighted by Gasteiger charge is 2.47. The zero-order valence-electron chi connectivity index (χ0n) is 24.5. The van der Waals surface area contributed by atoms with Gasteiger partial charge in [-0.05, 0) is 46.5 Å². The second-order valence-electron chi connectivity index (χ2n) is 11.2. The van der Waals surface area contributed by atoms with Crippen molar-refractivity contribution in [1.29, 1.82) is 0 Å². The number of halogens is 8. The predicted molar refractivity (Wildman–Crippen MR) is 160 cm³/mol. The molecule has 0 aromatic heterocycles. The van der Waals surface area contributed by atoms with Crippen molar-refractivity contribution in [3.63, 3.8) is 0 Å². The minimum absolute atomic E-state index is 0.0294. The summed E-state index contributed by atoms with van der Waals surface area (Å²) >= 11 is 0. The average molecular weight is 661 g/mol. The van der Waals surface area contributed by atoms with E-state index in [0.29, 0.717) is 11.6 Å². The molecule has 12 heteroatoms. The summed E-state index contributed by atoms with van der Waals surface area (Å²) < 4.78 is 116. The number of hydrogen-bond donors (Lipinski definition) is 2. The Kier molecular flexibility index (Phi) is 9.60. The lowest BCUT2D eigenvalue weighted by Crippen LogP contribution is -2.58. The number of nitrogens with one attached hydrogen (secondary N) is 2. The second kappa shape index (κ2) is 13.5. The van der Waals surface area contributed by atoms with Crippen molar-refractivity contribution >= 4 is 18.2 Å². The molecule has 1 atom stereocenters. The van der Waals surface area contributed by atoms with E-state index in [9.17, 15) is 31.1 Å². The summed E-state index contributed by atoms with van der Waals surface area (Å²) in [7, 11) is 0. The van der Waals surface area contributed by atoms with Crippen molar-refractivity contribution in [3.05, 3.63) is 137 Å².